The molecule has 9 nitrogen and oxygen atoms in total. The largest absolute Gasteiger partial charge is 0.497 e. The number of ether oxygens (including phenoxy) is 1. The van der Waals surface area contributed by atoms with Gasteiger partial charge in [-0.05, 0) is 74.0 Å². The molecule has 0 radical (unpaired) electrons. The van der Waals surface area contributed by atoms with Crippen LogP contribution in [0.5, 0.6) is 5.75 Å². The van der Waals surface area contributed by atoms with Crippen LogP contribution >= 0.6 is 11.6 Å². The molecular formula is C32H36ClN5O4. The highest BCUT2D eigenvalue weighted by Gasteiger charge is 2.24. The molecule has 3 aromatic carbocycles. The Kier molecular flexibility index (Phi) is 9.61. The van der Waals surface area contributed by atoms with Gasteiger partial charge in [0.25, 0.3) is 17.7 Å². The van der Waals surface area contributed by atoms with Gasteiger partial charge in [-0.1, -0.05) is 23.7 Å². The summed E-state index contributed by atoms with van der Waals surface area (Å²) in [5.41, 5.74) is 2.89. The number of nitrogens with zero attached hydrogens (tertiary/aromatic N) is 3. The van der Waals surface area contributed by atoms with Crippen molar-refractivity contribution in [1.29, 1.82) is 0 Å². The van der Waals surface area contributed by atoms with Crippen molar-refractivity contribution in [3.05, 3.63) is 88.4 Å². The summed E-state index contributed by atoms with van der Waals surface area (Å²) in [5.74, 6) is 0.167. The summed E-state index contributed by atoms with van der Waals surface area (Å²) in [5, 5.41) is 6.91. The summed E-state index contributed by atoms with van der Waals surface area (Å²) in [7, 11) is 1.56. The number of hydrogen-bond donors (Lipinski definition) is 2. The van der Waals surface area contributed by atoms with Crippen LogP contribution < -0.4 is 20.3 Å². The van der Waals surface area contributed by atoms with E-state index in [-0.39, 0.29) is 17.7 Å². The first kappa shape index (κ1) is 29.4. The Balaban J connectivity index is 1.40. The standard InChI is InChI=1S/C32H36ClN5O4/c1-42-27-9-3-6-23(21-27)30(39)35-28-22-25(32(41)37-14-4-12-34-13-17-37)10-11-29(28)36-15-5-16-38(19-18-36)31(40)24-7-2-8-26(33)20-24/h2-3,6-11,20-22,34H,4-5,12-19H2,1H3,(H,35,39). The molecule has 0 saturated carbocycles. The van der Waals surface area contributed by atoms with Crippen LogP contribution in [0.4, 0.5) is 11.4 Å². The highest BCUT2D eigenvalue weighted by Crippen LogP contribution is 2.30. The van der Waals surface area contributed by atoms with Gasteiger partial charge in [0.15, 0.2) is 0 Å². The zero-order chi connectivity index (χ0) is 29.5. The lowest BCUT2D eigenvalue weighted by molar-refractivity contribution is 0.0759. The zero-order valence-corrected chi connectivity index (χ0v) is 24.5. The zero-order valence-electron chi connectivity index (χ0n) is 23.8. The maximum Gasteiger partial charge on any atom is 0.255 e. The number of carbonyl (C=O) groups is 3. The van der Waals surface area contributed by atoms with E-state index in [4.69, 9.17) is 16.3 Å². The second-order valence-corrected chi connectivity index (χ2v) is 10.9. The Hall–Kier alpha value is -4.08. The van der Waals surface area contributed by atoms with E-state index in [1.165, 1.54) is 0 Å². The van der Waals surface area contributed by atoms with Gasteiger partial charge in [-0.3, -0.25) is 14.4 Å². The minimum atomic E-state index is -0.300. The molecule has 2 aliphatic heterocycles. The third kappa shape index (κ3) is 7.03. The van der Waals surface area contributed by atoms with Crippen LogP contribution in [0.25, 0.3) is 0 Å². The van der Waals surface area contributed by atoms with E-state index in [0.29, 0.717) is 72.4 Å². The normalized spacial score (nSPS) is 15.9. The smallest absolute Gasteiger partial charge is 0.255 e. The number of anilines is 2. The second kappa shape index (κ2) is 13.7. The van der Waals surface area contributed by atoms with Gasteiger partial charge in [-0.2, -0.15) is 0 Å². The molecule has 10 heteroatoms. The SMILES string of the molecule is COc1cccc(C(=O)Nc2cc(C(=O)N3CCCNCC3)ccc2N2CCCN(C(=O)c3cccc(Cl)c3)CC2)c1. The molecular weight excluding hydrogens is 554 g/mol. The van der Waals surface area contributed by atoms with Crippen molar-refractivity contribution >= 4 is 40.7 Å². The van der Waals surface area contributed by atoms with Crippen molar-refractivity contribution in [3.8, 4) is 5.75 Å². The Morgan fingerprint density at radius 2 is 1.50 bits per heavy atom. The third-order valence-corrected chi connectivity index (χ3v) is 7.88. The monoisotopic (exact) mass is 589 g/mol. The van der Waals surface area contributed by atoms with Crippen molar-refractivity contribution in [2.75, 3.05) is 69.7 Å². The molecule has 42 heavy (non-hydrogen) atoms. The minimum Gasteiger partial charge on any atom is -0.497 e. The molecule has 2 heterocycles. The van der Waals surface area contributed by atoms with Crippen LogP contribution in [0.1, 0.15) is 43.9 Å². The van der Waals surface area contributed by atoms with E-state index in [2.05, 4.69) is 15.5 Å². The Morgan fingerprint density at radius 1 is 0.762 bits per heavy atom. The lowest BCUT2D eigenvalue weighted by Gasteiger charge is -2.27. The molecule has 2 fully saturated rings. The summed E-state index contributed by atoms with van der Waals surface area (Å²) in [4.78, 5) is 45.9. The van der Waals surface area contributed by atoms with E-state index >= 15 is 0 Å². The van der Waals surface area contributed by atoms with Crippen LogP contribution in [0.15, 0.2) is 66.7 Å². The van der Waals surface area contributed by atoms with Crippen molar-refractivity contribution in [2.45, 2.75) is 12.8 Å². The number of nitrogens with one attached hydrogen (secondary N) is 2. The van der Waals surface area contributed by atoms with Gasteiger partial charge < -0.3 is 30.1 Å². The lowest BCUT2D eigenvalue weighted by atomic mass is 10.1. The first-order chi connectivity index (χ1) is 20.4. The Labute approximate surface area is 251 Å². The molecule has 0 unspecified atom stereocenters. The molecule has 2 aliphatic rings. The number of carbonyl (C=O) groups excluding carboxylic acids is 3. The predicted octanol–water partition coefficient (Wildman–Crippen LogP) is 4.39. The molecule has 0 aliphatic carbocycles. The molecule has 2 N–H and O–H groups in total. The third-order valence-electron chi connectivity index (χ3n) is 7.65. The fourth-order valence-corrected chi connectivity index (χ4v) is 5.59. The van der Waals surface area contributed by atoms with Gasteiger partial charge in [-0.15, -0.1) is 0 Å². The second-order valence-electron chi connectivity index (χ2n) is 10.5. The number of rotatable bonds is 6. The predicted molar refractivity (Wildman–Crippen MR) is 165 cm³/mol. The quantitative estimate of drug-likeness (QED) is 0.443. The van der Waals surface area contributed by atoms with E-state index < -0.39 is 0 Å². The summed E-state index contributed by atoms with van der Waals surface area (Å²) >= 11 is 6.13. The number of benzene rings is 3. The van der Waals surface area contributed by atoms with E-state index in [9.17, 15) is 14.4 Å². The van der Waals surface area contributed by atoms with Gasteiger partial charge in [-0.25, -0.2) is 0 Å². The van der Waals surface area contributed by atoms with Crippen LogP contribution in [0, 0.1) is 0 Å². The fourth-order valence-electron chi connectivity index (χ4n) is 5.40. The molecule has 3 aromatic rings. The topological polar surface area (TPSA) is 94.2 Å². The number of halogens is 1. The number of amides is 3. The highest BCUT2D eigenvalue weighted by atomic mass is 35.5. The van der Waals surface area contributed by atoms with Crippen LogP contribution in [-0.2, 0) is 0 Å². The van der Waals surface area contributed by atoms with Gasteiger partial charge in [0.05, 0.1) is 18.5 Å². The maximum absolute atomic E-state index is 13.5. The van der Waals surface area contributed by atoms with Gasteiger partial charge in [0.1, 0.15) is 5.75 Å². The maximum atomic E-state index is 13.5. The van der Waals surface area contributed by atoms with Crippen LogP contribution in [0.3, 0.4) is 0 Å². The van der Waals surface area contributed by atoms with Gasteiger partial charge in [0.2, 0.25) is 0 Å². The number of hydrogen-bond acceptors (Lipinski definition) is 6. The summed E-state index contributed by atoms with van der Waals surface area (Å²) < 4.78 is 5.30. The van der Waals surface area contributed by atoms with E-state index in [1.54, 1.807) is 61.7 Å². The van der Waals surface area contributed by atoms with Crippen LogP contribution in [-0.4, -0.2) is 87.0 Å². The Morgan fingerprint density at radius 3 is 2.31 bits per heavy atom. The first-order valence-electron chi connectivity index (χ1n) is 14.3. The van der Waals surface area contributed by atoms with Crippen molar-refractivity contribution in [1.82, 2.24) is 15.1 Å². The molecule has 3 amide bonds. The average molecular weight is 590 g/mol. The van der Waals surface area contributed by atoms with Gasteiger partial charge in [0, 0.05) is 67.5 Å². The average Bonchev–Trinajstić information content (AvgIpc) is 3.44. The fraction of sp³-hybridized carbons (Fsp3) is 0.344. The van der Waals surface area contributed by atoms with Crippen molar-refractivity contribution in [3.63, 3.8) is 0 Å². The minimum absolute atomic E-state index is 0.0567. The summed E-state index contributed by atoms with van der Waals surface area (Å²) in [6.45, 7) is 5.32. The lowest BCUT2D eigenvalue weighted by Crippen LogP contribution is -2.35. The molecule has 220 valence electrons. The van der Waals surface area contributed by atoms with E-state index in [1.807, 2.05) is 21.9 Å². The molecule has 5 rings (SSSR count). The summed E-state index contributed by atoms with van der Waals surface area (Å²) in [6.07, 6.45) is 1.64. The molecule has 0 bridgehead atoms. The first-order valence-corrected chi connectivity index (χ1v) is 14.7. The summed E-state index contributed by atoms with van der Waals surface area (Å²) in [6, 6.07) is 19.5. The molecule has 0 aromatic heterocycles. The molecule has 0 spiro atoms. The Bertz CT molecular complexity index is 1440. The van der Waals surface area contributed by atoms with Crippen LogP contribution in [0.2, 0.25) is 5.02 Å². The number of methoxy groups -OCH3 is 1. The molecule has 0 atom stereocenters. The van der Waals surface area contributed by atoms with Gasteiger partial charge >= 0.3 is 0 Å². The van der Waals surface area contributed by atoms with E-state index in [0.717, 1.165) is 31.6 Å². The van der Waals surface area contributed by atoms with Crippen molar-refractivity contribution < 1.29 is 19.1 Å². The van der Waals surface area contributed by atoms with Crippen molar-refractivity contribution in [2.24, 2.45) is 0 Å². The molecule has 2 saturated heterocycles. The highest BCUT2D eigenvalue weighted by molar-refractivity contribution is 6.31.